The van der Waals surface area contributed by atoms with Crippen LogP contribution in [0.2, 0.25) is 0 Å². The number of fused-ring (bicyclic) bond motifs is 2. The van der Waals surface area contributed by atoms with E-state index in [2.05, 4.69) is 0 Å². The lowest BCUT2D eigenvalue weighted by atomic mass is 9.27. The molecule has 0 aromatic heterocycles. The summed E-state index contributed by atoms with van der Waals surface area (Å²) in [7, 11) is 1.03. The van der Waals surface area contributed by atoms with Gasteiger partial charge < -0.3 is 0 Å². The van der Waals surface area contributed by atoms with E-state index in [1.165, 1.54) is 0 Å². The van der Waals surface area contributed by atoms with E-state index < -0.39 is 46.6 Å². The summed E-state index contributed by atoms with van der Waals surface area (Å²) in [6.07, 6.45) is 1.80. The predicted molar refractivity (Wildman–Crippen MR) is 49.1 cm³/mol. The van der Waals surface area contributed by atoms with Crippen molar-refractivity contribution in [2.75, 3.05) is 7.05 Å². The lowest BCUT2D eigenvalue weighted by molar-refractivity contribution is -0.604. The van der Waals surface area contributed by atoms with Crippen LogP contribution in [0.25, 0.3) is 0 Å². The highest BCUT2D eigenvalue weighted by molar-refractivity contribution is 5.57. The van der Waals surface area contributed by atoms with Crippen LogP contribution in [-0.4, -0.2) is 47.7 Å². The van der Waals surface area contributed by atoms with Gasteiger partial charge in [0, 0.05) is 12.1 Å². The molecule has 20 heavy (non-hydrogen) atoms. The van der Waals surface area contributed by atoms with Gasteiger partial charge in [-0.15, -0.1) is 0 Å². The van der Waals surface area contributed by atoms with E-state index in [4.69, 9.17) is 0 Å². The first-order valence-corrected chi connectivity index (χ1v) is 5.80. The number of hydrogen-bond acceptors (Lipinski definition) is 1. The number of likely N-dealkylation sites (N-methyl/N-ethyl adjacent to an activating group) is 1. The first-order chi connectivity index (χ1) is 8.89. The second-order valence-corrected chi connectivity index (χ2v) is 5.85. The smallest absolute Gasteiger partial charge is 0.291 e. The van der Waals surface area contributed by atoms with Crippen molar-refractivity contribution >= 4 is 0 Å². The van der Waals surface area contributed by atoms with Crippen molar-refractivity contribution in [2.24, 2.45) is 10.8 Å². The van der Waals surface area contributed by atoms with Gasteiger partial charge in [0.25, 0.3) is 0 Å². The molecule has 0 N–H and O–H groups in total. The zero-order valence-electron chi connectivity index (χ0n) is 9.78. The Hall–Kier alpha value is -0.860. The minimum absolute atomic E-state index is 0.768. The van der Waals surface area contributed by atoms with Gasteiger partial charge in [-0.1, -0.05) is 12.2 Å². The molecule has 0 spiro atoms. The number of alkyl halides is 8. The Morgan fingerprint density at radius 2 is 0.900 bits per heavy atom. The number of hydrogen-bond donors (Lipinski definition) is 0. The highest BCUT2D eigenvalue weighted by Crippen LogP contribution is 2.97. The van der Waals surface area contributed by atoms with Crippen LogP contribution in [0.5, 0.6) is 0 Å². The molecule has 4 rings (SSSR count). The molecular weight excluding hydrogens is 298 g/mol. The van der Waals surface area contributed by atoms with Gasteiger partial charge in [-0.3, -0.25) is 4.90 Å². The Kier molecular flexibility index (Phi) is 1.61. The molecule has 1 saturated heterocycles. The third-order valence-electron chi connectivity index (χ3n) is 5.63. The zero-order chi connectivity index (χ0) is 15.1. The van der Waals surface area contributed by atoms with Crippen LogP contribution >= 0.6 is 0 Å². The van der Waals surface area contributed by atoms with Crippen molar-refractivity contribution in [3.05, 3.63) is 12.2 Å². The average molecular weight is 305 g/mol. The van der Waals surface area contributed by atoms with Gasteiger partial charge in [0.15, 0.2) is 0 Å². The molecule has 9 heteroatoms. The van der Waals surface area contributed by atoms with Crippen LogP contribution in [-0.2, 0) is 0 Å². The van der Waals surface area contributed by atoms with E-state index in [0.29, 0.717) is 0 Å². The first kappa shape index (κ1) is 12.8. The van der Waals surface area contributed by atoms with Crippen LogP contribution in [0, 0.1) is 10.8 Å². The SMILES string of the molecule is CN1C2C=CC1C13C(F)(F)C(F)(F)C21C(F)(F)C3(F)F. The molecule has 2 aliphatic carbocycles. The largest absolute Gasteiger partial charge is 0.325 e. The maximum Gasteiger partial charge on any atom is 0.325 e. The van der Waals surface area contributed by atoms with E-state index >= 15 is 0 Å². The van der Waals surface area contributed by atoms with Gasteiger partial charge in [-0.05, 0) is 7.05 Å². The van der Waals surface area contributed by atoms with Gasteiger partial charge >= 0.3 is 23.7 Å². The van der Waals surface area contributed by atoms with Crippen LogP contribution < -0.4 is 0 Å². The van der Waals surface area contributed by atoms with Crippen LogP contribution in [0.3, 0.4) is 0 Å². The Labute approximate surface area is 107 Å². The molecule has 2 heterocycles. The van der Waals surface area contributed by atoms with E-state index in [1.807, 2.05) is 0 Å². The molecule has 2 unspecified atom stereocenters. The molecule has 4 aliphatic rings. The molecule has 0 aromatic carbocycles. The second-order valence-electron chi connectivity index (χ2n) is 5.85. The summed E-state index contributed by atoms with van der Waals surface area (Å²) in [4.78, 5) is 0.768. The Morgan fingerprint density at radius 1 is 0.650 bits per heavy atom. The summed E-state index contributed by atoms with van der Waals surface area (Å²) in [5.74, 6) is -20.7. The summed E-state index contributed by atoms with van der Waals surface area (Å²) in [6, 6.07) is -3.64. The van der Waals surface area contributed by atoms with E-state index in [-0.39, 0.29) is 0 Å². The molecule has 0 amide bonds. The number of halogens is 8. The Bertz CT molecular complexity index is 489. The fourth-order valence-electron chi connectivity index (χ4n) is 5.01. The van der Waals surface area contributed by atoms with E-state index in [0.717, 1.165) is 24.1 Å². The highest BCUT2D eigenvalue weighted by atomic mass is 19.3. The highest BCUT2D eigenvalue weighted by Gasteiger charge is 3.20. The maximum absolute atomic E-state index is 13.8. The molecule has 3 fully saturated rings. The molecule has 2 saturated carbocycles. The normalized spacial score (nSPS) is 54.9. The Morgan fingerprint density at radius 3 is 1.15 bits per heavy atom. The minimum Gasteiger partial charge on any atom is -0.291 e. The predicted octanol–water partition coefficient (Wildman–Crippen LogP) is 2.78. The quantitative estimate of drug-likeness (QED) is 0.491. The topological polar surface area (TPSA) is 3.24 Å². The molecular formula is C11H7F8N. The monoisotopic (exact) mass is 305 g/mol. The molecule has 2 atom stereocenters. The number of rotatable bonds is 0. The zero-order valence-corrected chi connectivity index (χ0v) is 9.78. The van der Waals surface area contributed by atoms with E-state index in [1.54, 1.807) is 0 Å². The van der Waals surface area contributed by atoms with Crippen LogP contribution in [0.15, 0.2) is 12.2 Å². The molecule has 2 bridgehead atoms. The van der Waals surface area contributed by atoms with Crippen LogP contribution in [0.1, 0.15) is 0 Å². The summed E-state index contributed by atoms with van der Waals surface area (Å²) >= 11 is 0. The van der Waals surface area contributed by atoms with Crippen molar-refractivity contribution in [3.8, 4) is 0 Å². The van der Waals surface area contributed by atoms with Gasteiger partial charge in [0.1, 0.15) is 10.8 Å². The lowest BCUT2D eigenvalue weighted by Crippen LogP contribution is -3.02. The molecule has 1 nitrogen and oxygen atoms in total. The van der Waals surface area contributed by atoms with Gasteiger partial charge in [-0.2, -0.15) is 35.1 Å². The molecule has 2 aliphatic heterocycles. The molecule has 0 radical (unpaired) electrons. The Balaban J connectivity index is 2.10. The first-order valence-electron chi connectivity index (χ1n) is 5.80. The van der Waals surface area contributed by atoms with Crippen molar-refractivity contribution < 1.29 is 35.1 Å². The number of nitrogens with zero attached hydrogens (tertiary/aromatic N) is 1. The summed E-state index contributed by atoms with van der Waals surface area (Å²) in [5, 5.41) is 0. The lowest BCUT2D eigenvalue weighted by Gasteiger charge is -2.78. The minimum atomic E-state index is -5.18. The average Bonchev–Trinajstić information content (AvgIpc) is 2.77. The second kappa shape index (κ2) is 2.50. The summed E-state index contributed by atoms with van der Waals surface area (Å²) < 4.78 is 110. The molecule has 112 valence electrons. The van der Waals surface area contributed by atoms with E-state index in [9.17, 15) is 35.1 Å². The van der Waals surface area contributed by atoms with Gasteiger partial charge in [0.2, 0.25) is 0 Å². The van der Waals surface area contributed by atoms with Gasteiger partial charge in [-0.25, -0.2) is 0 Å². The summed E-state index contributed by atoms with van der Waals surface area (Å²) in [6.45, 7) is 0. The molecule has 0 aromatic rings. The van der Waals surface area contributed by atoms with Crippen molar-refractivity contribution in [1.29, 1.82) is 0 Å². The fourth-order valence-corrected chi connectivity index (χ4v) is 5.01. The third-order valence-corrected chi connectivity index (χ3v) is 5.63. The van der Waals surface area contributed by atoms with Crippen molar-refractivity contribution in [3.63, 3.8) is 0 Å². The third kappa shape index (κ3) is 0.588. The van der Waals surface area contributed by atoms with Gasteiger partial charge in [0.05, 0.1) is 0 Å². The van der Waals surface area contributed by atoms with Crippen molar-refractivity contribution in [2.45, 2.75) is 35.8 Å². The van der Waals surface area contributed by atoms with Crippen molar-refractivity contribution in [1.82, 2.24) is 4.90 Å². The fraction of sp³-hybridized carbons (Fsp3) is 0.818. The maximum atomic E-state index is 13.8. The summed E-state index contributed by atoms with van der Waals surface area (Å²) in [5.41, 5.74) is -7.46. The van der Waals surface area contributed by atoms with Crippen LogP contribution in [0.4, 0.5) is 35.1 Å². The standard InChI is InChI=1S/C11H7F8N/c1-20-4-2-3-5(20)7-6(4,8(12,13)10(7,16)17)9(14,15)11(7,18)19/h2-5H,1H3.